The number of hydrogen-bond donors (Lipinski definition) is 0. The summed E-state index contributed by atoms with van der Waals surface area (Å²) in [5.41, 5.74) is 0.573. The Morgan fingerprint density at radius 1 is 1.32 bits per heavy atom. The Kier molecular flexibility index (Phi) is 3.60. The van der Waals surface area contributed by atoms with Crippen LogP contribution < -0.4 is 0 Å². The van der Waals surface area contributed by atoms with Crippen molar-refractivity contribution in [3.63, 3.8) is 0 Å². The molecule has 0 saturated heterocycles. The lowest BCUT2D eigenvalue weighted by molar-refractivity contribution is -0.385. The molecule has 2 aromatic heterocycles. The van der Waals surface area contributed by atoms with E-state index in [2.05, 4.69) is 15.2 Å². The van der Waals surface area contributed by atoms with E-state index in [0.29, 0.717) is 30.2 Å². The van der Waals surface area contributed by atoms with Crippen molar-refractivity contribution in [3.05, 3.63) is 58.5 Å². The molecule has 3 aromatic rings. The summed E-state index contributed by atoms with van der Waals surface area (Å²) >= 11 is 0. The van der Waals surface area contributed by atoms with Gasteiger partial charge in [-0.05, 0) is 24.3 Å². The van der Waals surface area contributed by atoms with Gasteiger partial charge in [0.1, 0.15) is 18.2 Å². The van der Waals surface area contributed by atoms with Crippen molar-refractivity contribution < 1.29 is 13.8 Å². The van der Waals surface area contributed by atoms with Crippen LogP contribution in [0.1, 0.15) is 5.89 Å². The fourth-order valence-electron chi connectivity index (χ4n) is 1.85. The molecule has 22 heavy (non-hydrogen) atoms. The van der Waals surface area contributed by atoms with Crippen LogP contribution in [0.2, 0.25) is 0 Å². The Balaban J connectivity index is 1.66. The molecule has 0 N–H and O–H groups in total. The molecule has 3 rings (SSSR count). The van der Waals surface area contributed by atoms with E-state index in [9.17, 15) is 14.5 Å². The van der Waals surface area contributed by atoms with Gasteiger partial charge >= 0.3 is 5.69 Å². The molecule has 0 atom stereocenters. The quantitative estimate of drug-likeness (QED) is 0.529. The number of halogens is 1. The van der Waals surface area contributed by atoms with Gasteiger partial charge in [-0.1, -0.05) is 5.16 Å². The van der Waals surface area contributed by atoms with Crippen LogP contribution in [0, 0.1) is 15.9 Å². The second-order valence-corrected chi connectivity index (χ2v) is 4.49. The van der Waals surface area contributed by atoms with Crippen molar-refractivity contribution in [1.29, 1.82) is 0 Å². The van der Waals surface area contributed by atoms with Gasteiger partial charge in [0.2, 0.25) is 11.7 Å². The van der Waals surface area contributed by atoms with E-state index in [4.69, 9.17) is 4.52 Å². The average Bonchev–Trinajstić information content (AvgIpc) is 3.15. The van der Waals surface area contributed by atoms with Crippen LogP contribution >= 0.6 is 0 Å². The summed E-state index contributed by atoms with van der Waals surface area (Å²) in [4.78, 5) is 14.2. The first-order valence-electron chi connectivity index (χ1n) is 6.37. The molecule has 0 aliphatic heterocycles. The first kappa shape index (κ1) is 13.9. The molecule has 0 unspecified atom stereocenters. The molecule has 0 spiro atoms. The van der Waals surface area contributed by atoms with Gasteiger partial charge in [-0.2, -0.15) is 10.1 Å². The number of nitrogens with zero attached hydrogens (tertiary/aromatic N) is 5. The number of aromatic nitrogens is 4. The molecular weight excluding hydrogens is 293 g/mol. The van der Waals surface area contributed by atoms with Gasteiger partial charge < -0.3 is 4.52 Å². The SMILES string of the molecule is O=[N+]([O-])c1cnn(CCc2nc(-c3ccc(F)cc3)no2)c1. The van der Waals surface area contributed by atoms with E-state index in [0.717, 1.165) is 0 Å². The average molecular weight is 303 g/mol. The molecule has 0 radical (unpaired) electrons. The third-order valence-electron chi connectivity index (χ3n) is 2.96. The van der Waals surface area contributed by atoms with Crippen LogP contribution in [-0.2, 0) is 13.0 Å². The largest absolute Gasteiger partial charge is 0.339 e. The summed E-state index contributed by atoms with van der Waals surface area (Å²) in [5.74, 6) is 0.395. The van der Waals surface area contributed by atoms with Crippen molar-refractivity contribution >= 4 is 5.69 Å². The Morgan fingerprint density at radius 3 is 2.77 bits per heavy atom. The highest BCUT2D eigenvalue weighted by Gasteiger charge is 2.11. The van der Waals surface area contributed by atoms with Crippen LogP contribution in [-0.4, -0.2) is 24.8 Å². The molecular formula is C13H10FN5O3. The summed E-state index contributed by atoms with van der Waals surface area (Å²) < 4.78 is 19.4. The molecule has 112 valence electrons. The molecule has 1 aromatic carbocycles. The first-order valence-corrected chi connectivity index (χ1v) is 6.37. The highest BCUT2D eigenvalue weighted by molar-refractivity contribution is 5.53. The zero-order chi connectivity index (χ0) is 15.5. The molecule has 0 saturated carbocycles. The third kappa shape index (κ3) is 2.97. The Bertz CT molecular complexity index is 796. The zero-order valence-corrected chi connectivity index (χ0v) is 11.2. The van der Waals surface area contributed by atoms with Gasteiger partial charge in [0.05, 0.1) is 4.92 Å². The summed E-state index contributed by atoms with van der Waals surface area (Å²) in [7, 11) is 0. The van der Waals surface area contributed by atoms with Gasteiger partial charge in [0.25, 0.3) is 0 Å². The van der Waals surface area contributed by atoms with E-state index >= 15 is 0 Å². The molecule has 0 amide bonds. The van der Waals surface area contributed by atoms with Crippen LogP contribution in [0.15, 0.2) is 41.2 Å². The Labute approximate surface area is 123 Å². The van der Waals surface area contributed by atoms with Gasteiger partial charge in [0.15, 0.2) is 0 Å². The highest BCUT2D eigenvalue weighted by Crippen LogP contribution is 2.16. The number of benzene rings is 1. The topological polar surface area (TPSA) is 99.9 Å². The molecule has 9 heteroatoms. The van der Waals surface area contributed by atoms with Crippen LogP contribution in [0.25, 0.3) is 11.4 Å². The van der Waals surface area contributed by atoms with Gasteiger partial charge in [-0.25, -0.2) is 4.39 Å². The standard InChI is InChI=1S/C13H10FN5O3/c14-10-3-1-9(2-4-10)13-16-12(22-17-13)5-6-18-8-11(7-15-18)19(20)21/h1-4,7-8H,5-6H2. The van der Waals surface area contributed by atoms with Gasteiger partial charge in [-0.15, -0.1) is 0 Å². The smallest absolute Gasteiger partial charge is 0.306 e. The van der Waals surface area contributed by atoms with E-state index in [1.54, 1.807) is 12.1 Å². The lowest BCUT2D eigenvalue weighted by Gasteiger charge is -1.95. The molecule has 0 aliphatic carbocycles. The maximum Gasteiger partial charge on any atom is 0.306 e. The summed E-state index contributed by atoms with van der Waals surface area (Å²) in [5, 5.41) is 18.2. The van der Waals surface area contributed by atoms with E-state index < -0.39 is 4.92 Å². The molecule has 2 heterocycles. The summed E-state index contributed by atoms with van der Waals surface area (Å²) in [6.45, 7) is 0.374. The van der Waals surface area contributed by atoms with Crippen LogP contribution in [0.3, 0.4) is 0 Å². The van der Waals surface area contributed by atoms with Crippen molar-refractivity contribution in [2.45, 2.75) is 13.0 Å². The number of aryl methyl sites for hydroxylation is 2. The van der Waals surface area contributed by atoms with Crippen molar-refractivity contribution in [2.24, 2.45) is 0 Å². The van der Waals surface area contributed by atoms with Crippen LogP contribution in [0.5, 0.6) is 0 Å². The van der Waals surface area contributed by atoms with Crippen LogP contribution in [0.4, 0.5) is 10.1 Å². The van der Waals surface area contributed by atoms with Crippen molar-refractivity contribution in [3.8, 4) is 11.4 Å². The van der Waals surface area contributed by atoms with E-state index in [1.807, 2.05) is 0 Å². The zero-order valence-electron chi connectivity index (χ0n) is 11.2. The second-order valence-electron chi connectivity index (χ2n) is 4.49. The molecule has 0 aliphatic rings. The normalized spacial score (nSPS) is 10.8. The highest BCUT2D eigenvalue weighted by atomic mass is 19.1. The number of nitro groups is 1. The number of hydrogen-bond acceptors (Lipinski definition) is 6. The predicted molar refractivity (Wildman–Crippen MR) is 72.3 cm³/mol. The minimum atomic E-state index is -0.511. The lowest BCUT2D eigenvalue weighted by Crippen LogP contribution is -2.01. The molecule has 0 bridgehead atoms. The monoisotopic (exact) mass is 303 g/mol. The fourth-order valence-corrected chi connectivity index (χ4v) is 1.85. The van der Waals surface area contributed by atoms with Gasteiger partial charge in [0, 0.05) is 18.5 Å². The summed E-state index contributed by atoms with van der Waals surface area (Å²) in [6.07, 6.45) is 2.89. The lowest BCUT2D eigenvalue weighted by atomic mass is 10.2. The van der Waals surface area contributed by atoms with E-state index in [1.165, 1.54) is 29.2 Å². The second kappa shape index (κ2) is 5.72. The molecule has 8 nitrogen and oxygen atoms in total. The fraction of sp³-hybridized carbons (Fsp3) is 0.154. The Morgan fingerprint density at radius 2 is 2.09 bits per heavy atom. The first-order chi connectivity index (χ1) is 10.6. The molecule has 0 fully saturated rings. The third-order valence-corrected chi connectivity index (χ3v) is 2.96. The maximum absolute atomic E-state index is 12.9. The maximum atomic E-state index is 12.9. The predicted octanol–water partition coefficient (Wildman–Crippen LogP) is 2.22. The Hall–Kier alpha value is -3.10. The van der Waals surface area contributed by atoms with E-state index in [-0.39, 0.29) is 11.5 Å². The van der Waals surface area contributed by atoms with Crippen molar-refractivity contribution in [1.82, 2.24) is 19.9 Å². The van der Waals surface area contributed by atoms with Crippen molar-refractivity contribution in [2.75, 3.05) is 0 Å². The number of rotatable bonds is 5. The van der Waals surface area contributed by atoms with Gasteiger partial charge in [-0.3, -0.25) is 14.8 Å². The minimum absolute atomic E-state index is 0.0717. The summed E-state index contributed by atoms with van der Waals surface area (Å²) in [6, 6.07) is 5.74. The minimum Gasteiger partial charge on any atom is -0.339 e.